The third-order valence-electron chi connectivity index (χ3n) is 2.91. The van der Waals surface area contributed by atoms with Crippen molar-refractivity contribution in [3.63, 3.8) is 0 Å². The van der Waals surface area contributed by atoms with E-state index in [0.29, 0.717) is 6.04 Å². The van der Waals surface area contributed by atoms with Crippen molar-refractivity contribution >= 4 is 0 Å². The summed E-state index contributed by atoms with van der Waals surface area (Å²) in [5.41, 5.74) is 2.55. The quantitative estimate of drug-likeness (QED) is 0.788. The zero-order chi connectivity index (χ0) is 9.80. The molecule has 1 aliphatic heterocycles. The molecule has 1 N–H and O–H groups in total. The second-order valence-electron chi connectivity index (χ2n) is 4.01. The lowest BCUT2D eigenvalue weighted by Crippen LogP contribution is -2.24. The number of pyridine rings is 1. The van der Waals surface area contributed by atoms with Crippen LogP contribution in [0.25, 0.3) is 0 Å². The molecule has 0 amide bonds. The van der Waals surface area contributed by atoms with E-state index in [0.717, 1.165) is 12.8 Å². The van der Waals surface area contributed by atoms with Gasteiger partial charge in [0.25, 0.3) is 0 Å². The Kier molecular flexibility index (Phi) is 3.14. The predicted octanol–water partition coefficient (Wildman–Crippen LogP) is 1.94. The number of hydrogen-bond donors (Lipinski definition) is 1. The average Bonchev–Trinajstić information content (AvgIpc) is 2.72. The van der Waals surface area contributed by atoms with Crippen molar-refractivity contribution in [1.82, 2.24) is 10.3 Å². The zero-order valence-electron chi connectivity index (χ0n) is 8.79. The van der Waals surface area contributed by atoms with E-state index in [9.17, 15) is 0 Å². The van der Waals surface area contributed by atoms with Crippen molar-refractivity contribution in [2.24, 2.45) is 0 Å². The van der Waals surface area contributed by atoms with Gasteiger partial charge in [-0.2, -0.15) is 0 Å². The third-order valence-corrected chi connectivity index (χ3v) is 2.91. The number of nitrogens with zero attached hydrogens (tertiary/aromatic N) is 1. The van der Waals surface area contributed by atoms with Crippen LogP contribution in [0.5, 0.6) is 0 Å². The molecule has 14 heavy (non-hydrogen) atoms. The second-order valence-corrected chi connectivity index (χ2v) is 4.01. The molecule has 0 bridgehead atoms. The molecule has 0 saturated carbocycles. The SMILES string of the molecule is CCc1ccc(CC2CCCN2)nc1. The highest BCUT2D eigenvalue weighted by molar-refractivity contribution is 5.14. The van der Waals surface area contributed by atoms with Gasteiger partial charge in [0.15, 0.2) is 0 Å². The number of hydrogen-bond acceptors (Lipinski definition) is 2. The van der Waals surface area contributed by atoms with Gasteiger partial charge in [-0.1, -0.05) is 13.0 Å². The fourth-order valence-electron chi connectivity index (χ4n) is 1.97. The first kappa shape index (κ1) is 9.66. The van der Waals surface area contributed by atoms with Crippen LogP contribution in [0.4, 0.5) is 0 Å². The van der Waals surface area contributed by atoms with Crippen LogP contribution >= 0.6 is 0 Å². The van der Waals surface area contributed by atoms with Crippen LogP contribution < -0.4 is 5.32 Å². The van der Waals surface area contributed by atoms with Gasteiger partial charge in [0.1, 0.15) is 0 Å². The smallest absolute Gasteiger partial charge is 0.0419 e. The molecule has 1 unspecified atom stereocenters. The highest BCUT2D eigenvalue weighted by Crippen LogP contribution is 2.11. The Morgan fingerprint density at radius 3 is 3.00 bits per heavy atom. The Balaban J connectivity index is 1.95. The maximum absolute atomic E-state index is 4.47. The van der Waals surface area contributed by atoms with Crippen molar-refractivity contribution in [1.29, 1.82) is 0 Å². The topological polar surface area (TPSA) is 24.9 Å². The molecule has 1 aliphatic rings. The Bertz CT molecular complexity index is 273. The number of aromatic nitrogens is 1. The maximum Gasteiger partial charge on any atom is 0.0419 e. The minimum atomic E-state index is 0.662. The van der Waals surface area contributed by atoms with Crippen LogP contribution in [0.15, 0.2) is 18.3 Å². The Hall–Kier alpha value is -0.890. The summed E-state index contributed by atoms with van der Waals surface area (Å²) in [6.45, 7) is 3.34. The molecule has 0 spiro atoms. The fraction of sp³-hybridized carbons (Fsp3) is 0.583. The standard InChI is InChI=1S/C12H18N2/c1-2-10-5-6-12(14-9-10)8-11-4-3-7-13-11/h5-6,9,11,13H,2-4,7-8H2,1H3. The Morgan fingerprint density at radius 1 is 1.50 bits per heavy atom. The van der Waals surface area contributed by atoms with Gasteiger partial charge in [-0.25, -0.2) is 0 Å². The average molecular weight is 190 g/mol. The number of nitrogens with one attached hydrogen (secondary N) is 1. The first-order valence-electron chi connectivity index (χ1n) is 5.55. The van der Waals surface area contributed by atoms with E-state index >= 15 is 0 Å². The first-order chi connectivity index (χ1) is 6.88. The molecule has 0 aromatic carbocycles. The molecule has 1 fully saturated rings. The van der Waals surface area contributed by atoms with Crippen molar-refractivity contribution < 1.29 is 0 Å². The lowest BCUT2D eigenvalue weighted by Gasteiger charge is -2.09. The van der Waals surface area contributed by atoms with Crippen molar-refractivity contribution in [3.8, 4) is 0 Å². The largest absolute Gasteiger partial charge is 0.314 e. The molecule has 1 aromatic heterocycles. The van der Waals surface area contributed by atoms with E-state index in [1.54, 1.807) is 0 Å². The van der Waals surface area contributed by atoms with Gasteiger partial charge in [0.05, 0.1) is 0 Å². The summed E-state index contributed by atoms with van der Waals surface area (Å²) in [5.74, 6) is 0. The highest BCUT2D eigenvalue weighted by Gasteiger charge is 2.14. The van der Waals surface area contributed by atoms with Crippen LogP contribution in [0.1, 0.15) is 31.0 Å². The van der Waals surface area contributed by atoms with Gasteiger partial charge >= 0.3 is 0 Å². The molecule has 1 aromatic rings. The third kappa shape index (κ3) is 2.32. The van der Waals surface area contributed by atoms with E-state index in [2.05, 4.69) is 29.4 Å². The fourth-order valence-corrected chi connectivity index (χ4v) is 1.97. The van der Waals surface area contributed by atoms with Crippen molar-refractivity contribution in [2.75, 3.05) is 6.54 Å². The van der Waals surface area contributed by atoms with Gasteiger partial charge in [0.2, 0.25) is 0 Å². The molecular formula is C12H18N2. The van der Waals surface area contributed by atoms with Crippen molar-refractivity contribution in [3.05, 3.63) is 29.6 Å². The molecule has 2 heterocycles. The maximum atomic E-state index is 4.47. The zero-order valence-corrected chi connectivity index (χ0v) is 8.79. The molecule has 76 valence electrons. The summed E-state index contributed by atoms with van der Waals surface area (Å²) in [4.78, 5) is 4.47. The monoisotopic (exact) mass is 190 g/mol. The van der Waals surface area contributed by atoms with Gasteiger partial charge in [-0.05, 0) is 37.4 Å². The summed E-state index contributed by atoms with van der Waals surface area (Å²) < 4.78 is 0. The van der Waals surface area contributed by atoms with Crippen LogP contribution in [0.2, 0.25) is 0 Å². The summed E-state index contributed by atoms with van der Waals surface area (Å²) in [6, 6.07) is 5.02. The van der Waals surface area contributed by atoms with E-state index in [4.69, 9.17) is 0 Å². The van der Waals surface area contributed by atoms with Crippen LogP contribution in [0, 0.1) is 0 Å². The molecule has 1 saturated heterocycles. The minimum absolute atomic E-state index is 0.662. The number of aryl methyl sites for hydroxylation is 1. The Morgan fingerprint density at radius 2 is 2.43 bits per heavy atom. The summed E-state index contributed by atoms with van der Waals surface area (Å²) >= 11 is 0. The highest BCUT2D eigenvalue weighted by atomic mass is 14.9. The predicted molar refractivity (Wildman–Crippen MR) is 58.3 cm³/mol. The van der Waals surface area contributed by atoms with Crippen LogP contribution in [-0.2, 0) is 12.8 Å². The van der Waals surface area contributed by atoms with E-state index in [-0.39, 0.29) is 0 Å². The van der Waals surface area contributed by atoms with E-state index < -0.39 is 0 Å². The number of rotatable bonds is 3. The van der Waals surface area contributed by atoms with E-state index in [1.165, 1.54) is 30.6 Å². The lowest BCUT2D eigenvalue weighted by molar-refractivity contribution is 0.595. The summed E-state index contributed by atoms with van der Waals surface area (Å²) in [7, 11) is 0. The van der Waals surface area contributed by atoms with Crippen LogP contribution in [0.3, 0.4) is 0 Å². The van der Waals surface area contributed by atoms with Crippen molar-refractivity contribution in [2.45, 2.75) is 38.6 Å². The molecule has 0 radical (unpaired) electrons. The van der Waals surface area contributed by atoms with Crippen LogP contribution in [-0.4, -0.2) is 17.6 Å². The molecule has 0 aliphatic carbocycles. The second kappa shape index (κ2) is 4.56. The molecule has 2 heteroatoms. The van der Waals surface area contributed by atoms with Gasteiger partial charge in [0, 0.05) is 24.4 Å². The Labute approximate surface area is 85.7 Å². The van der Waals surface area contributed by atoms with E-state index in [1.807, 2.05) is 6.20 Å². The summed E-state index contributed by atoms with van der Waals surface area (Å²) in [6.07, 6.45) is 6.79. The molecule has 2 rings (SSSR count). The molecule has 2 nitrogen and oxygen atoms in total. The minimum Gasteiger partial charge on any atom is -0.314 e. The summed E-state index contributed by atoms with van der Waals surface area (Å²) in [5, 5.41) is 3.49. The first-order valence-corrected chi connectivity index (χ1v) is 5.55. The molecule has 1 atom stereocenters. The lowest BCUT2D eigenvalue weighted by atomic mass is 10.1. The van der Waals surface area contributed by atoms with Gasteiger partial charge in [-0.15, -0.1) is 0 Å². The van der Waals surface area contributed by atoms with Gasteiger partial charge in [-0.3, -0.25) is 4.98 Å². The normalized spacial score (nSPS) is 21.4. The van der Waals surface area contributed by atoms with Gasteiger partial charge < -0.3 is 5.32 Å². The molecular weight excluding hydrogens is 172 g/mol.